The molecule has 0 saturated heterocycles. The summed E-state index contributed by atoms with van der Waals surface area (Å²) in [6, 6.07) is 4.18. The fraction of sp³-hybridized carbons (Fsp3) is 0.222. The van der Waals surface area contributed by atoms with Gasteiger partial charge in [-0.05, 0) is 18.2 Å². The van der Waals surface area contributed by atoms with E-state index in [-0.39, 0.29) is 10.6 Å². The van der Waals surface area contributed by atoms with Crippen LogP contribution in [-0.2, 0) is 4.57 Å². The quantitative estimate of drug-likeness (QED) is 0.583. The second kappa shape index (κ2) is 5.48. The van der Waals surface area contributed by atoms with Crippen LogP contribution in [0.3, 0.4) is 0 Å². The van der Waals surface area contributed by atoms with Gasteiger partial charge in [0.1, 0.15) is 5.78 Å². The minimum absolute atomic E-state index is 0.197. The Hall–Kier alpha value is -0.420. The monoisotopic (exact) mass is 297 g/mol. The molecule has 1 rings (SSSR count). The maximum atomic E-state index is 11.6. The lowest BCUT2D eigenvalue weighted by molar-refractivity contribution is 0.0978. The molecule has 5 nitrogen and oxygen atoms in total. The molecule has 0 heterocycles. The summed E-state index contributed by atoms with van der Waals surface area (Å²) in [7, 11) is -4.45. The molecule has 0 amide bonds. The average molecular weight is 298 g/mol. The van der Waals surface area contributed by atoms with Crippen LogP contribution in [0.4, 0.5) is 0 Å². The first kappa shape index (κ1) is 14.6. The van der Waals surface area contributed by atoms with Crippen molar-refractivity contribution in [1.29, 1.82) is 0 Å². The van der Waals surface area contributed by atoms with Gasteiger partial charge in [-0.1, -0.05) is 23.2 Å². The SMILES string of the molecule is N[C@@H](CC(=O)c1ccc(Cl)c(Cl)c1)P(=O)(O)O. The molecule has 0 saturated carbocycles. The van der Waals surface area contributed by atoms with Crippen molar-refractivity contribution in [3.63, 3.8) is 0 Å². The van der Waals surface area contributed by atoms with Gasteiger partial charge < -0.3 is 15.5 Å². The van der Waals surface area contributed by atoms with Crippen molar-refractivity contribution in [2.24, 2.45) is 5.73 Å². The normalized spacial score (nSPS) is 13.5. The van der Waals surface area contributed by atoms with Crippen LogP contribution in [0.1, 0.15) is 16.8 Å². The Bertz CT molecular complexity index is 488. The van der Waals surface area contributed by atoms with Crippen LogP contribution < -0.4 is 5.73 Å². The molecule has 0 aliphatic rings. The van der Waals surface area contributed by atoms with Crippen LogP contribution in [0.5, 0.6) is 0 Å². The molecular weight excluding hydrogens is 288 g/mol. The topological polar surface area (TPSA) is 101 Å². The van der Waals surface area contributed by atoms with Crippen molar-refractivity contribution in [3.8, 4) is 0 Å². The lowest BCUT2D eigenvalue weighted by Gasteiger charge is -2.12. The molecule has 1 atom stereocenters. The number of hydrogen-bond acceptors (Lipinski definition) is 3. The summed E-state index contributed by atoms with van der Waals surface area (Å²) in [5.74, 6) is -2.01. The van der Waals surface area contributed by atoms with E-state index >= 15 is 0 Å². The van der Waals surface area contributed by atoms with Gasteiger partial charge in [-0.2, -0.15) is 0 Å². The zero-order chi connectivity index (χ0) is 13.2. The highest BCUT2D eigenvalue weighted by Crippen LogP contribution is 2.40. The number of rotatable bonds is 4. The van der Waals surface area contributed by atoms with E-state index in [4.69, 9.17) is 38.7 Å². The Morgan fingerprint density at radius 2 is 1.94 bits per heavy atom. The van der Waals surface area contributed by atoms with Gasteiger partial charge >= 0.3 is 7.60 Å². The fourth-order valence-corrected chi connectivity index (χ4v) is 1.80. The minimum atomic E-state index is -4.45. The van der Waals surface area contributed by atoms with Gasteiger partial charge in [0, 0.05) is 12.0 Å². The molecule has 1 aromatic carbocycles. The Balaban J connectivity index is 2.84. The molecule has 0 aliphatic heterocycles. The molecule has 8 heteroatoms. The molecule has 0 radical (unpaired) electrons. The van der Waals surface area contributed by atoms with E-state index < -0.39 is 25.6 Å². The van der Waals surface area contributed by atoms with Crippen LogP contribution in [0.15, 0.2) is 18.2 Å². The van der Waals surface area contributed by atoms with Gasteiger partial charge in [0.2, 0.25) is 0 Å². The maximum absolute atomic E-state index is 11.6. The number of ketones is 1. The molecule has 0 aromatic heterocycles. The highest BCUT2D eigenvalue weighted by atomic mass is 35.5. The van der Waals surface area contributed by atoms with E-state index in [2.05, 4.69) is 0 Å². The van der Waals surface area contributed by atoms with Crippen molar-refractivity contribution in [2.45, 2.75) is 12.2 Å². The van der Waals surface area contributed by atoms with Crippen LogP contribution in [0.2, 0.25) is 10.0 Å². The number of hydrogen-bond donors (Lipinski definition) is 3. The van der Waals surface area contributed by atoms with E-state index in [1.807, 2.05) is 0 Å². The zero-order valence-corrected chi connectivity index (χ0v) is 10.9. The Morgan fingerprint density at radius 3 is 2.41 bits per heavy atom. The predicted molar refractivity (Wildman–Crippen MR) is 65.4 cm³/mol. The Kier molecular flexibility index (Phi) is 4.72. The third-order valence-corrected chi connectivity index (χ3v) is 3.85. The summed E-state index contributed by atoms with van der Waals surface area (Å²) in [5, 5.41) is 0.491. The molecule has 0 unspecified atom stereocenters. The standard InChI is InChI=1S/C9H10Cl2NO4P/c10-6-2-1-5(3-7(6)11)8(13)4-9(12)17(14,15)16/h1-3,9H,4,12H2,(H2,14,15,16)/t9-/m1/s1. The van der Waals surface area contributed by atoms with Crippen LogP contribution in [0.25, 0.3) is 0 Å². The van der Waals surface area contributed by atoms with E-state index in [1.54, 1.807) is 0 Å². The number of halogens is 2. The molecule has 1 aromatic rings. The summed E-state index contributed by atoms with van der Waals surface area (Å²) < 4.78 is 10.8. The van der Waals surface area contributed by atoms with Crippen LogP contribution in [0, 0.1) is 0 Å². The van der Waals surface area contributed by atoms with E-state index in [0.29, 0.717) is 5.02 Å². The molecule has 0 fully saturated rings. The van der Waals surface area contributed by atoms with Crippen molar-refractivity contribution in [2.75, 3.05) is 0 Å². The van der Waals surface area contributed by atoms with Gasteiger partial charge in [0.05, 0.1) is 10.0 Å². The van der Waals surface area contributed by atoms with E-state index in [1.165, 1.54) is 18.2 Å². The smallest absolute Gasteiger partial charge is 0.323 e. The highest BCUT2D eigenvalue weighted by molar-refractivity contribution is 7.52. The van der Waals surface area contributed by atoms with Gasteiger partial charge in [0.25, 0.3) is 0 Å². The fourth-order valence-electron chi connectivity index (χ4n) is 1.10. The summed E-state index contributed by atoms with van der Waals surface area (Å²) in [4.78, 5) is 29.2. The van der Waals surface area contributed by atoms with Crippen molar-refractivity contribution >= 4 is 36.6 Å². The Morgan fingerprint density at radius 1 is 1.35 bits per heavy atom. The van der Waals surface area contributed by atoms with Gasteiger partial charge in [-0.15, -0.1) is 0 Å². The molecule has 0 bridgehead atoms. The molecule has 17 heavy (non-hydrogen) atoms. The summed E-state index contributed by atoms with van der Waals surface area (Å²) in [6.45, 7) is 0. The summed E-state index contributed by atoms with van der Waals surface area (Å²) in [6.07, 6.45) is -0.456. The third-order valence-electron chi connectivity index (χ3n) is 2.07. The first-order valence-electron chi connectivity index (χ1n) is 4.51. The number of Topliss-reactive ketones (excluding diaryl/α,β-unsaturated/α-hetero) is 1. The zero-order valence-electron chi connectivity index (χ0n) is 8.51. The average Bonchev–Trinajstić information content (AvgIpc) is 2.20. The van der Waals surface area contributed by atoms with Crippen molar-refractivity contribution in [3.05, 3.63) is 33.8 Å². The van der Waals surface area contributed by atoms with Gasteiger partial charge in [-0.25, -0.2) is 0 Å². The third kappa shape index (κ3) is 4.07. The first-order chi connectivity index (χ1) is 7.71. The molecule has 4 N–H and O–H groups in total. The second-order valence-electron chi connectivity index (χ2n) is 3.41. The van der Waals surface area contributed by atoms with E-state index in [9.17, 15) is 9.36 Å². The highest BCUT2D eigenvalue weighted by Gasteiger charge is 2.27. The second-order valence-corrected chi connectivity index (χ2v) is 6.07. The maximum Gasteiger partial charge on any atom is 0.342 e. The predicted octanol–water partition coefficient (Wildman–Crippen LogP) is 2.03. The van der Waals surface area contributed by atoms with Crippen molar-refractivity contribution < 1.29 is 19.1 Å². The van der Waals surface area contributed by atoms with Crippen LogP contribution in [-0.4, -0.2) is 21.4 Å². The van der Waals surface area contributed by atoms with E-state index in [0.717, 1.165) is 0 Å². The van der Waals surface area contributed by atoms with Crippen LogP contribution >= 0.6 is 30.8 Å². The lowest BCUT2D eigenvalue weighted by Crippen LogP contribution is -2.23. The molecule has 0 spiro atoms. The molecular formula is C9H10Cl2NO4P. The van der Waals surface area contributed by atoms with Gasteiger partial charge in [-0.3, -0.25) is 9.36 Å². The first-order valence-corrected chi connectivity index (χ1v) is 6.94. The largest absolute Gasteiger partial charge is 0.342 e. The number of carbonyl (C=O) groups is 1. The molecule has 94 valence electrons. The number of benzene rings is 1. The lowest BCUT2D eigenvalue weighted by atomic mass is 10.1. The van der Waals surface area contributed by atoms with Crippen molar-refractivity contribution in [1.82, 2.24) is 0 Å². The Labute approximate surface area is 108 Å². The number of nitrogens with two attached hydrogens (primary N) is 1. The molecule has 0 aliphatic carbocycles. The minimum Gasteiger partial charge on any atom is -0.323 e. The van der Waals surface area contributed by atoms with Gasteiger partial charge in [0.15, 0.2) is 5.78 Å². The summed E-state index contributed by atoms with van der Waals surface area (Å²) >= 11 is 11.4. The summed E-state index contributed by atoms with van der Waals surface area (Å²) in [5.41, 5.74) is 5.43. The number of carbonyl (C=O) groups excluding carboxylic acids is 1.